The van der Waals surface area contributed by atoms with Crippen LogP contribution in [0.4, 0.5) is 10.5 Å². The zero-order valence-corrected chi connectivity index (χ0v) is 13.3. The molecule has 0 unspecified atom stereocenters. The van der Waals surface area contributed by atoms with Crippen LogP contribution in [0.2, 0.25) is 0 Å². The van der Waals surface area contributed by atoms with E-state index in [0.29, 0.717) is 12.2 Å². The normalized spacial score (nSPS) is 13.2. The molecule has 1 aliphatic rings. The lowest BCUT2D eigenvalue weighted by Crippen LogP contribution is -2.42. The van der Waals surface area contributed by atoms with E-state index in [0.717, 1.165) is 18.4 Å². The maximum Gasteiger partial charge on any atom is 0.319 e. The van der Waals surface area contributed by atoms with E-state index in [1.807, 2.05) is 35.2 Å². The number of pyridine rings is 1. The standard InChI is InChI=1S/C18H20N4O2/c23-17(12-20-18(24)21-15-6-2-1-3-7-15)22(16-8-9-16)13-14-5-4-10-19-11-14/h1-7,10-11,16H,8-9,12-13H2,(H2,20,21,24). The summed E-state index contributed by atoms with van der Waals surface area (Å²) in [5.74, 6) is -0.0791. The number of carbonyl (C=O) groups excluding carboxylic acids is 2. The zero-order chi connectivity index (χ0) is 16.8. The summed E-state index contributed by atoms with van der Waals surface area (Å²) in [6, 6.07) is 12.8. The average Bonchev–Trinajstić information content (AvgIpc) is 3.44. The van der Waals surface area contributed by atoms with Gasteiger partial charge in [0.1, 0.15) is 0 Å². The molecule has 6 heteroatoms. The Balaban J connectivity index is 1.51. The van der Waals surface area contributed by atoms with Crippen LogP contribution < -0.4 is 10.6 Å². The van der Waals surface area contributed by atoms with Crippen LogP contribution in [0.15, 0.2) is 54.9 Å². The van der Waals surface area contributed by atoms with Crippen molar-refractivity contribution in [3.63, 3.8) is 0 Å². The summed E-state index contributed by atoms with van der Waals surface area (Å²) in [6.45, 7) is 0.509. The molecule has 0 saturated heterocycles. The van der Waals surface area contributed by atoms with Crippen LogP contribution in [0, 0.1) is 0 Å². The molecular formula is C18H20N4O2. The third kappa shape index (κ3) is 4.55. The van der Waals surface area contributed by atoms with Crippen molar-refractivity contribution in [2.45, 2.75) is 25.4 Å². The summed E-state index contributed by atoms with van der Waals surface area (Å²) in [4.78, 5) is 30.2. The Hall–Kier alpha value is -2.89. The minimum Gasteiger partial charge on any atom is -0.334 e. The first kappa shape index (κ1) is 16.0. The largest absolute Gasteiger partial charge is 0.334 e. The number of nitrogens with zero attached hydrogens (tertiary/aromatic N) is 2. The number of benzene rings is 1. The fourth-order valence-corrected chi connectivity index (χ4v) is 2.45. The van der Waals surface area contributed by atoms with Crippen LogP contribution in [-0.4, -0.2) is 34.4 Å². The first-order chi connectivity index (χ1) is 11.7. The Bertz CT molecular complexity index is 687. The highest BCUT2D eigenvalue weighted by atomic mass is 16.2. The quantitative estimate of drug-likeness (QED) is 0.857. The number of nitrogens with one attached hydrogen (secondary N) is 2. The van der Waals surface area contributed by atoms with Gasteiger partial charge in [-0.05, 0) is 36.6 Å². The fourth-order valence-electron chi connectivity index (χ4n) is 2.45. The predicted octanol–water partition coefficient (Wildman–Crippen LogP) is 2.39. The van der Waals surface area contributed by atoms with Crippen molar-refractivity contribution in [3.8, 4) is 0 Å². The van der Waals surface area contributed by atoms with Crippen LogP contribution in [0.25, 0.3) is 0 Å². The van der Waals surface area contributed by atoms with Gasteiger partial charge in [0.25, 0.3) is 0 Å². The van der Waals surface area contributed by atoms with Gasteiger partial charge in [-0.15, -0.1) is 0 Å². The van der Waals surface area contributed by atoms with E-state index < -0.39 is 0 Å². The second-order valence-corrected chi connectivity index (χ2v) is 5.79. The van der Waals surface area contributed by atoms with E-state index >= 15 is 0 Å². The van der Waals surface area contributed by atoms with E-state index in [1.165, 1.54) is 0 Å². The van der Waals surface area contributed by atoms with Crippen LogP contribution in [-0.2, 0) is 11.3 Å². The van der Waals surface area contributed by atoms with Gasteiger partial charge in [0.15, 0.2) is 0 Å². The Morgan fingerprint density at radius 1 is 1.12 bits per heavy atom. The summed E-state index contributed by atoms with van der Waals surface area (Å²) in [5, 5.41) is 5.32. The highest BCUT2D eigenvalue weighted by molar-refractivity contribution is 5.92. The molecule has 0 aliphatic heterocycles. The topological polar surface area (TPSA) is 74.3 Å². The minimum absolute atomic E-state index is 0.0184. The third-order valence-electron chi connectivity index (χ3n) is 3.82. The smallest absolute Gasteiger partial charge is 0.319 e. The number of hydrogen-bond donors (Lipinski definition) is 2. The molecule has 3 amide bonds. The van der Waals surface area contributed by atoms with Gasteiger partial charge in [0.05, 0.1) is 6.54 Å². The number of aromatic nitrogens is 1. The van der Waals surface area contributed by atoms with Crippen LogP contribution in [0.1, 0.15) is 18.4 Å². The molecule has 2 aromatic rings. The van der Waals surface area contributed by atoms with Crippen molar-refractivity contribution in [1.29, 1.82) is 0 Å². The van der Waals surface area contributed by atoms with Gasteiger partial charge in [0.2, 0.25) is 5.91 Å². The molecule has 0 radical (unpaired) electrons. The Morgan fingerprint density at radius 3 is 2.58 bits per heavy atom. The average molecular weight is 324 g/mol. The number of para-hydroxylation sites is 1. The summed E-state index contributed by atoms with van der Waals surface area (Å²) < 4.78 is 0. The molecule has 24 heavy (non-hydrogen) atoms. The maximum atomic E-state index is 12.4. The number of anilines is 1. The van der Waals surface area contributed by atoms with Crippen LogP contribution in [0.3, 0.4) is 0 Å². The summed E-state index contributed by atoms with van der Waals surface area (Å²) in [5.41, 5.74) is 1.68. The van der Waals surface area contributed by atoms with Crippen LogP contribution in [0.5, 0.6) is 0 Å². The molecular weight excluding hydrogens is 304 g/mol. The highest BCUT2D eigenvalue weighted by Gasteiger charge is 2.32. The monoisotopic (exact) mass is 324 g/mol. The number of urea groups is 1. The first-order valence-corrected chi connectivity index (χ1v) is 8.00. The molecule has 0 spiro atoms. The Labute approximate surface area is 140 Å². The van der Waals surface area contributed by atoms with Crippen molar-refractivity contribution in [2.75, 3.05) is 11.9 Å². The second kappa shape index (κ2) is 7.59. The van der Waals surface area contributed by atoms with Crippen molar-refractivity contribution in [2.24, 2.45) is 0 Å². The molecule has 2 N–H and O–H groups in total. The van der Waals surface area contributed by atoms with E-state index in [1.54, 1.807) is 24.5 Å². The van der Waals surface area contributed by atoms with Crippen LogP contribution >= 0.6 is 0 Å². The molecule has 1 fully saturated rings. The predicted molar refractivity (Wildman–Crippen MR) is 91.3 cm³/mol. The molecule has 1 heterocycles. The lowest BCUT2D eigenvalue weighted by molar-refractivity contribution is -0.131. The molecule has 1 saturated carbocycles. The Kier molecular flexibility index (Phi) is 5.05. The summed E-state index contributed by atoms with van der Waals surface area (Å²) in [7, 11) is 0. The molecule has 0 bridgehead atoms. The van der Waals surface area contributed by atoms with Crippen molar-refractivity contribution in [1.82, 2.24) is 15.2 Å². The molecule has 0 atom stereocenters. The first-order valence-electron chi connectivity index (χ1n) is 8.00. The highest BCUT2D eigenvalue weighted by Crippen LogP contribution is 2.28. The van der Waals surface area contributed by atoms with Gasteiger partial charge in [-0.2, -0.15) is 0 Å². The SMILES string of the molecule is O=C(NCC(=O)N(Cc1cccnc1)C1CC1)Nc1ccccc1. The molecule has 124 valence electrons. The van der Waals surface area contributed by atoms with E-state index in [-0.39, 0.29) is 24.5 Å². The zero-order valence-electron chi connectivity index (χ0n) is 13.3. The molecule has 1 aromatic carbocycles. The van der Waals surface area contributed by atoms with Crippen molar-refractivity contribution in [3.05, 3.63) is 60.4 Å². The van der Waals surface area contributed by atoms with Gasteiger partial charge >= 0.3 is 6.03 Å². The third-order valence-corrected chi connectivity index (χ3v) is 3.82. The second-order valence-electron chi connectivity index (χ2n) is 5.79. The van der Waals surface area contributed by atoms with Gasteiger partial charge in [-0.3, -0.25) is 9.78 Å². The lowest BCUT2D eigenvalue weighted by Gasteiger charge is -2.22. The van der Waals surface area contributed by atoms with Gasteiger partial charge in [0, 0.05) is 30.7 Å². The lowest BCUT2D eigenvalue weighted by atomic mass is 10.2. The summed E-state index contributed by atoms with van der Waals surface area (Å²) >= 11 is 0. The van der Waals surface area contributed by atoms with Gasteiger partial charge in [-0.25, -0.2) is 4.79 Å². The van der Waals surface area contributed by atoms with E-state index in [2.05, 4.69) is 15.6 Å². The van der Waals surface area contributed by atoms with Crippen molar-refractivity contribution >= 4 is 17.6 Å². The van der Waals surface area contributed by atoms with E-state index in [9.17, 15) is 9.59 Å². The van der Waals surface area contributed by atoms with E-state index in [4.69, 9.17) is 0 Å². The molecule has 3 rings (SSSR count). The van der Waals surface area contributed by atoms with Gasteiger partial charge < -0.3 is 15.5 Å². The van der Waals surface area contributed by atoms with Gasteiger partial charge in [-0.1, -0.05) is 24.3 Å². The molecule has 1 aliphatic carbocycles. The summed E-state index contributed by atoms with van der Waals surface area (Å²) in [6.07, 6.45) is 5.50. The minimum atomic E-state index is -0.383. The molecule has 1 aromatic heterocycles. The Morgan fingerprint density at radius 2 is 1.92 bits per heavy atom. The number of hydrogen-bond acceptors (Lipinski definition) is 3. The fraction of sp³-hybridized carbons (Fsp3) is 0.278. The number of rotatable bonds is 6. The van der Waals surface area contributed by atoms with Crippen molar-refractivity contribution < 1.29 is 9.59 Å². The maximum absolute atomic E-state index is 12.4. The number of amides is 3. The number of carbonyl (C=O) groups is 2. The molecule has 6 nitrogen and oxygen atoms in total.